The topological polar surface area (TPSA) is 78.9 Å². The molecule has 1 heterocycles. The first kappa shape index (κ1) is 21.4. The van der Waals surface area contributed by atoms with Gasteiger partial charge in [0.1, 0.15) is 24.0 Å². The van der Waals surface area contributed by atoms with Crippen LogP contribution in [-0.4, -0.2) is 41.2 Å². The van der Waals surface area contributed by atoms with Crippen molar-refractivity contribution in [3.63, 3.8) is 0 Å². The first-order valence-corrected chi connectivity index (χ1v) is 10.8. The van der Waals surface area contributed by atoms with Crippen LogP contribution in [0.15, 0.2) is 30.3 Å². The van der Waals surface area contributed by atoms with E-state index in [4.69, 9.17) is 4.74 Å². The van der Waals surface area contributed by atoms with Crippen LogP contribution in [0.2, 0.25) is 0 Å². The van der Waals surface area contributed by atoms with E-state index in [0.717, 1.165) is 52.2 Å². The fourth-order valence-electron chi connectivity index (χ4n) is 4.53. The van der Waals surface area contributed by atoms with E-state index in [0.29, 0.717) is 0 Å². The third kappa shape index (κ3) is 3.81. The van der Waals surface area contributed by atoms with Crippen molar-refractivity contribution < 1.29 is 19.4 Å². The molecular weight excluding hydrogens is 392 g/mol. The summed E-state index contributed by atoms with van der Waals surface area (Å²) < 4.78 is 5.86. The lowest BCUT2D eigenvalue weighted by Crippen LogP contribution is -2.42. The van der Waals surface area contributed by atoms with Crippen molar-refractivity contribution in [2.24, 2.45) is 0 Å². The van der Waals surface area contributed by atoms with Gasteiger partial charge in [-0.3, -0.25) is 9.69 Å². The maximum absolute atomic E-state index is 13.2. The Bertz CT molecular complexity index is 1050. The maximum atomic E-state index is 13.2. The summed E-state index contributed by atoms with van der Waals surface area (Å²) in [6.07, 6.45) is 2.19. The summed E-state index contributed by atoms with van der Waals surface area (Å²) in [5.74, 6) is 0.386. The molecule has 2 atom stereocenters. The van der Waals surface area contributed by atoms with E-state index >= 15 is 0 Å². The zero-order valence-corrected chi connectivity index (χ0v) is 18.6. The van der Waals surface area contributed by atoms with Gasteiger partial charge in [-0.1, -0.05) is 30.3 Å². The van der Waals surface area contributed by atoms with Crippen molar-refractivity contribution in [3.05, 3.63) is 63.7 Å². The number of aliphatic hydroxyl groups excluding tert-OH is 1. The Morgan fingerprint density at radius 1 is 1.10 bits per heavy atom. The molecule has 31 heavy (non-hydrogen) atoms. The molecule has 0 spiro atoms. The minimum absolute atomic E-state index is 0.00223. The fraction of sp³-hybridized carbons (Fsp3) is 0.440. The van der Waals surface area contributed by atoms with Crippen LogP contribution in [0, 0.1) is 20.8 Å². The lowest BCUT2D eigenvalue weighted by atomic mass is 9.89. The lowest BCUT2D eigenvalue weighted by molar-refractivity contribution is -0.132. The largest absolute Gasteiger partial charge is 0.490 e. The summed E-state index contributed by atoms with van der Waals surface area (Å²) in [5, 5.41) is 13.4. The smallest absolute Gasteiger partial charge is 0.325 e. The standard InChI is InChI=1S/C25H30N2O4/c1-15-8-9-16(2)22(17(15)3)31-14-21(28)13-27-23(29)25(4,26-24(27)30)20-11-10-18-6-5-7-19(18)12-20/h8-12,21,28H,5-7,13-14H2,1-4H3,(H,26,30)/t21-,25+/m0/s1. The van der Waals surface area contributed by atoms with Crippen molar-refractivity contribution in [3.8, 4) is 5.75 Å². The number of aliphatic hydroxyl groups is 1. The third-order valence-corrected chi connectivity index (χ3v) is 6.64. The van der Waals surface area contributed by atoms with E-state index in [2.05, 4.69) is 11.4 Å². The summed E-state index contributed by atoms with van der Waals surface area (Å²) in [5.41, 5.74) is 5.33. The molecule has 0 radical (unpaired) electrons. The average Bonchev–Trinajstić information content (AvgIpc) is 3.29. The molecule has 2 aliphatic rings. The first-order chi connectivity index (χ1) is 14.7. The van der Waals surface area contributed by atoms with Crippen molar-refractivity contribution in [2.45, 2.75) is 58.6 Å². The molecule has 6 heteroatoms. The van der Waals surface area contributed by atoms with Crippen LogP contribution in [0.5, 0.6) is 5.75 Å². The van der Waals surface area contributed by atoms with E-state index in [1.54, 1.807) is 6.92 Å². The van der Waals surface area contributed by atoms with E-state index in [9.17, 15) is 14.7 Å². The number of fused-ring (bicyclic) bond motifs is 1. The molecule has 2 aromatic carbocycles. The molecule has 6 nitrogen and oxygen atoms in total. The molecule has 4 rings (SSSR count). The molecule has 164 valence electrons. The van der Waals surface area contributed by atoms with Crippen LogP contribution in [0.1, 0.15) is 46.7 Å². The fourth-order valence-corrected chi connectivity index (χ4v) is 4.53. The monoisotopic (exact) mass is 422 g/mol. The van der Waals surface area contributed by atoms with Gasteiger partial charge in [-0.15, -0.1) is 0 Å². The molecule has 0 unspecified atom stereocenters. The first-order valence-electron chi connectivity index (χ1n) is 10.8. The Morgan fingerprint density at radius 3 is 2.58 bits per heavy atom. The van der Waals surface area contributed by atoms with E-state index < -0.39 is 17.7 Å². The number of urea groups is 1. The number of carbonyl (C=O) groups is 2. The highest BCUT2D eigenvalue weighted by molar-refractivity contribution is 6.07. The number of nitrogens with one attached hydrogen (secondary N) is 1. The van der Waals surface area contributed by atoms with Gasteiger partial charge in [0.15, 0.2) is 0 Å². The zero-order chi connectivity index (χ0) is 22.3. The number of imide groups is 1. The zero-order valence-electron chi connectivity index (χ0n) is 18.6. The van der Waals surface area contributed by atoms with Gasteiger partial charge in [0, 0.05) is 0 Å². The molecule has 1 aliphatic heterocycles. The Kier molecular flexibility index (Phi) is 5.52. The number of carbonyl (C=O) groups excluding carboxylic acids is 2. The van der Waals surface area contributed by atoms with Crippen molar-refractivity contribution in [1.82, 2.24) is 10.2 Å². The van der Waals surface area contributed by atoms with E-state index in [1.807, 2.05) is 45.0 Å². The van der Waals surface area contributed by atoms with Gasteiger partial charge >= 0.3 is 6.03 Å². The molecule has 2 N–H and O–H groups in total. The third-order valence-electron chi connectivity index (χ3n) is 6.64. The predicted octanol–water partition coefficient (Wildman–Crippen LogP) is 3.31. The van der Waals surface area contributed by atoms with Crippen LogP contribution < -0.4 is 10.1 Å². The number of rotatable bonds is 6. The van der Waals surface area contributed by atoms with Crippen LogP contribution in [-0.2, 0) is 23.2 Å². The average molecular weight is 423 g/mol. The second-order valence-corrected chi connectivity index (χ2v) is 8.93. The lowest BCUT2D eigenvalue weighted by Gasteiger charge is -2.24. The SMILES string of the molecule is Cc1ccc(C)c(OC[C@@H](O)CN2C(=O)N[C@](C)(c3ccc4c(c3)CCC4)C2=O)c1C. The molecule has 0 aromatic heterocycles. The molecule has 1 aliphatic carbocycles. The Morgan fingerprint density at radius 2 is 1.81 bits per heavy atom. The van der Waals surface area contributed by atoms with Crippen LogP contribution in [0.3, 0.4) is 0 Å². The summed E-state index contributed by atoms with van der Waals surface area (Å²) in [7, 11) is 0. The number of nitrogens with zero attached hydrogens (tertiary/aromatic N) is 1. The van der Waals surface area contributed by atoms with Gasteiger partial charge < -0.3 is 15.2 Å². The summed E-state index contributed by atoms with van der Waals surface area (Å²) in [6, 6.07) is 9.53. The quantitative estimate of drug-likeness (QED) is 0.700. The Hall–Kier alpha value is -2.86. The van der Waals surface area contributed by atoms with Crippen LogP contribution in [0.25, 0.3) is 0 Å². The normalized spacial score (nSPS) is 21.3. The van der Waals surface area contributed by atoms with Gasteiger partial charge in [0.05, 0.1) is 6.54 Å². The maximum Gasteiger partial charge on any atom is 0.325 e. The van der Waals surface area contributed by atoms with Gasteiger partial charge in [0.25, 0.3) is 5.91 Å². The highest BCUT2D eigenvalue weighted by atomic mass is 16.5. The van der Waals surface area contributed by atoms with Crippen LogP contribution in [0.4, 0.5) is 4.79 Å². The van der Waals surface area contributed by atoms with Gasteiger partial charge in [-0.05, 0) is 80.3 Å². The summed E-state index contributed by atoms with van der Waals surface area (Å²) in [6.45, 7) is 7.54. The minimum Gasteiger partial charge on any atom is -0.490 e. The van der Waals surface area contributed by atoms with Gasteiger partial charge in [0.2, 0.25) is 0 Å². The second-order valence-electron chi connectivity index (χ2n) is 8.93. The summed E-state index contributed by atoms with van der Waals surface area (Å²) in [4.78, 5) is 26.9. The Labute approximate surface area is 183 Å². The molecule has 0 bridgehead atoms. The number of benzene rings is 2. The van der Waals surface area contributed by atoms with Crippen molar-refractivity contribution >= 4 is 11.9 Å². The second kappa shape index (κ2) is 8.00. The molecule has 2 aromatic rings. The Balaban J connectivity index is 1.45. The number of amides is 3. The summed E-state index contributed by atoms with van der Waals surface area (Å²) >= 11 is 0. The number of ether oxygens (including phenoxy) is 1. The van der Waals surface area contributed by atoms with E-state index in [-0.39, 0.29) is 19.1 Å². The van der Waals surface area contributed by atoms with Gasteiger partial charge in [-0.25, -0.2) is 4.79 Å². The predicted molar refractivity (Wildman–Crippen MR) is 118 cm³/mol. The van der Waals surface area contributed by atoms with Crippen LogP contribution >= 0.6 is 0 Å². The molecule has 1 fully saturated rings. The van der Waals surface area contributed by atoms with Gasteiger partial charge in [-0.2, -0.15) is 0 Å². The van der Waals surface area contributed by atoms with Crippen molar-refractivity contribution in [2.75, 3.05) is 13.2 Å². The molecule has 1 saturated heterocycles. The van der Waals surface area contributed by atoms with Crippen molar-refractivity contribution in [1.29, 1.82) is 0 Å². The molecule has 3 amide bonds. The number of hydrogen-bond donors (Lipinski definition) is 2. The minimum atomic E-state index is -1.13. The molecule has 0 saturated carbocycles. The highest BCUT2D eigenvalue weighted by Crippen LogP contribution is 2.33. The van der Waals surface area contributed by atoms with E-state index in [1.165, 1.54) is 11.1 Å². The molecular formula is C25H30N2O4. The number of β-amino-alcohol motifs (C(OH)–C–C–N with tert-alkyl or cyclic N) is 1. The number of hydrogen-bond acceptors (Lipinski definition) is 4. The number of aryl methyl sites for hydroxylation is 4. The highest BCUT2D eigenvalue weighted by Gasteiger charge is 2.49.